The van der Waals surface area contributed by atoms with E-state index < -0.39 is 5.91 Å². The SMILES string of the molecule is CCOc1ccccc1OCCNC(C)Cc1cc(C(N)=O)c2c(ccn2CCOC)c1. The Hall–Kier alpha value is -3.03. The first-order chi connectivity index (χ1) is 15.5. The predicted molar refractivity (Wildman–Crippen MR) is 127 cm³/mol. The molecule has 0 aliphatic rings. The number of nitrogens with one attached hydrogen (secondary N) is 1. The van der Waals surface area contributed by atoms with Gasteiger partial charge in [0.1, 0.15) is 6.61 Å². The van der Waals surface area contributed by atoms with Gasteiger partial charge in [-0.25, -0.2) is 0 Å². The van der Waals surface area contributed by atoms with Crippen LogP contribution in [0.3, 0.4) is 0 Å². The Balaban J connectivity index is 1.59. The van der Waals surface area contributed by atoms with E-state index in [1.165, 1.54) is 0 Å². The molecule has 0 radical (unpaired) electrons. The van der Waals surface area contributed by atoms with E-state index in [0.29, 0.717) is 38.5 Å². The summed E-state index contributed by atoms with van der Waals surface area (Å²) < 4.78 is 18.7. The summed E-state index contributed by atoms with van der Waals surface area (Å²) in [5, 5.41) is 4.49. The lowest BCUT2D eigenvalue weighted by Crippen LogP contribution is -2.32. The van der Waals surface area contributed by atoms with Crippen LogP contribution in [0, 0.1) is 0 Å². The first-order valence-corrected chi connectivity index (χ1v) is 11.0. The second kappa shape index (κ2) is 11.5. The molecule has 0 fully saturated rings. The number of fused-ring (bicyclic) bond motifs is 1. The van der Waals surface area contributed by atoms with Crippen molar-refractivity contribution in [2.75, 3.05) is 33.5 Å². The number of amides is 1. The number of nitrogens with zero attached hydrogens (tertiary/aromatic N) is 1. The third kappa shape index (κ3) is 6.02. The molecule has 1 heterocycles. The van der Waals surface area contributed by atoms with Crippen molar-refractivity contribution in [3.8, 4) is 11.5 Å². The second-order valence-corrected chi connectivity index (χ2v) is 7.73. The van der Waals surface area contributed by atoms with E-state index in [2.05, 4.69) is 18.3 Å². The summed E-state index contributed by atoms with van der Waals surface area (Å²) in [6.07, 6.45) is 2.74. The molecule has 1 atom stereocenters. The van der Waals surface area contributed by atoms with E-state index >= 15 is 0 Å². The third-order valence-electron chi connectivity index (χ3n) is 5.27. The van der Waals surface area contributed by atoms with E-state index in [1.807, 2.05) is 54.1 Å². The number of aromatic nitrogens is 1. The van der Waals surface area contributed by atoms with Crippen molar-refractivity contribution in [1.82, 2.24) is 9.88 Å². The molecule has 0 aliphatic heterocycles. The largest absolute Gasteiger partial charge is 0.490 e. The molecular weight excluding hydrogens is 406 g/mol. The van der Waals surface area contributed by atoms with Crippen LogP contribution < -0.4 is 20.5 Å². The summed E-state index contributed by atoms with van der Waals surface area (Å²) in [5.74, 6) is 1.09. The Kier molecular flexibility index (Phi) is 8.53. The van der Waals surface area contributed by atoms with E-state index in [9.17, 15) is 4.79 Å². The van der Waals surface area contributed by atoms with E-state index in [4.69, 9.17) is 19.9 Å². The van der Waals surface area contributed by atoms with Gasteiger partial charge in [0.15, 0.2) is 11.5 Å². The first-order valence-electron chi connectivity index (χ1n) is 11.0. The van der Waals surface area contributed by atoms with Crippen LogP contribution in [0.4, 0.5) is 0 Å². The molecule has 0 saturated carbocycles. The predicted octanol–water partition coefficient (Wildman–Crippen LogP) is 3.38. The average molecular weight is 440 g/mol. The number of hydrogen-bond acceptors (Lipinski definition) is 5. The minimum Gasteiger partial charge on any atom is -0.490 e. The molecule has 7 heteroatoms. The highest BCUT2D eigenvalue weighted by molar-refractivity contribution is 6.05. The van der Waals surface area contributed by atoms with Gasteiger partial charge in [-0.1, -0.05) is 12.1 Å². The number of ether oxygens (including phenoxy) is 3. The zero-order valence-corrected chi connectivity index (χ0v) is 19.1. The maximum atomic E-state index is 12.1. The molecular formula is C25H33N3O4. The number of carbonyl (C=O) groups is 1. The molecule has 0 aliphatic carbocycles. The number of para-hydroxylation sites is 2. The fourth-order valence-corrected chi connectivity index (χ4v) is 3.83. The molecule has 1 aromatic heterocycles. The van der Waals surface area contributed by atoms with Crippen LogP contribution in [-0.2, 0) is 17.7 Å². The normalized spacial score (nSPS) is 12.1. The van der Waals surface area contributed by atoms with Crippen LogP contribution in [0.15, 0.2) is 48.7 Å². The number of primary amides is 1. The van der Waals surface area contributed by atoms with Crippen molar-refractivity contribution < 1.29 is 19.0 Å². The Morgan fingerprint density at radius 3 is 2.56 bits per heavy atom. The summed E-state index contributed by atoms with van der Waals surface area (Å²) in [5.41, 5.74) is 8.17. The summed E-state index contributed by atoms with van der Waals surface area (Å²) in [4.78, 5) is 12.1. The zero-order valence-electron chi connectivity index (χ0n) is 19.1. The van der Waals surface area contributed by atoms with Gasteiger partial charge in [-0.2, -0.15) is 0 Å². The van der Waals surface area contributed by atoms with Crippen LogP contribution >= 0.6 is 0 Å². The van der Waals surface area contributed by atoms with Gasteiger partial charge in [0, 0.05) is 37.8 Å². The maximum absolute atomic E-state index is 12.1. The third-order valence-corrected chi connectivity index (χ3v) is 5.27. The van der Waals surface area contributed by atoms with Crippen LogP contribution in [0.1, 0.15) is 29.8 Å². The molecule has 0 saturated heterocycles. The minimum atomic E-state index is -0.420. The van der Waals surface area contributed by atoms with Crippen molar-refractivity contribution in [2.24, 2.45) is 5.73 Å². The number of methoxy groups -OCH3 is 1. The standard InChI is InChI=1S/C25H33N3O4/c1-4-31-22-7-5-6-8-23(22)32-13-10-27-18(2)15-19-16-20-9-11-28(12-14-30-3)24(20)21(17-19)25(26)29/h5-9,11,16-18,27H,4,10,12-15H2,1-3H3,(H2,26,29). The number of benzene rings is 2. The van der Waals surface area contributed by atoms with Crippen LogP contribution in [-0.4, -0.2) is 50.0 Å². The molecule has 3 N–H and O–H groups in total. The van der Waals surface area contributed by atoms with E-state index in [-0.39, 0.29) is 6.04 Å². The van der Waals surface area contributed by atoms with Gasteiger partial charge in [-0.3, -0.25) is 4.79 Å². The fraction of sp³-hybridized carbons (Fsp3) is 0.400. The van der Waals surface area contributed by atoms with Gasteiger partial charge in [-0.15, -0.1) is 0 Å². The monoisotopic (exact) mass is 439 g/mol. The molecule has 2 aromatic carbocycles. The quantitative estimate of drug-likeness (QED) is 0.399. The van der Waals surface area contributed by atoms with Crippen molar-refractivity contribution >= 4 is 16.8 Å². The van der Waals surface area contributed by atoms with Crippen molar-refractivity contribution in [3.05, 3.63) is 59.8 Å². The van der Waals surface area contributed by atoms with E-state index in [1.54, 1.807) is 7.11 Å². The highest BCUT2D eigenvalue weighted by atomic mass is 16.5. The van der Waals surface area contributed by atoms with Gasteiger partial charge in [-0.05, 0) is 56.2 Å². The highest BCUT2D eigenvalue weighted by Gasteiger charge is 2.14. The maximum Gasteiger partial charge on any atom is 0.250 e. The zero-order chi connectivity index (χ0) is 22.9. The lowest BCUT2D eigenvalue weighted by atomic mass is 10.0. The smallest absolute Gasteiger partial charge is 0.250 e. The molecule has 1 amide bonds. The Bertz CT molecular complexity index is 1030. The highest BCUT2D eigenvalue weighted by Crippen LogP contribution is 2.26. The Morgan fingerprint density at radius 1 is 1.12 bits per heavy atom. The lowest BCUT2D eigenvalue weighted by molar-refractivity contribution is 0.100. The summed E-state index contributed by atoms with van der Waals surface area (Å²) in [6, 6.07) is 13.9. The van der Waals surface area contributed by atoms with Gasteiger partial charge >= 0.3 is 0 Å². The topological polar surface area (TPSA) is 87.7 Å². The Morgan fingerprint density at radius 2 is 1.88 bits per heavy atom. The van der Waals surface area contributed by atoms with Crippen molar-refractivity contribution in [3.63, 3.8) is 0 Å². The summed E-state index contributed by atoms with van der Waals surface area (Å²) in [7, 11) is 1.66. The van der Waals surface area contributed by atoms with Crippen molar-refractivity contribution in [2.45, 2.75) is 32.9 Å². The van der Waals surface area contributed by atoms with Gasteiger partial charge < -0.3 is 29.8 Å². The molecule has 3 rings (SSSR count). The summed E-state index contributed by atoms with van der Waals surface area (Å²) >= 11 is 0. The Labute approximate surface area is 189 Å². The van der Waals surface area contributed by atoms with Gasteiger partial charge in [0.25, 0.3) is 5.91 Å². The molecule has 3 aromatic rings. The molecule has 0 spiro atoms. The summed E-state index contributed by atoms with van der Waals surface area (Å²) in [6.45, 7) is 7.14. The molecule has 0 bridgehead atoms. The van der Waals surface area contributed by atoms with Crippen LogP contribution in [0.25, 0.3) is 10.9 Å². The molecule has 1 unspecified atom stereocenters. The van der Waals surface area contributed by atoms with Crippen LogP contribution in [0.5, 0.6) is 11.5 Å². The number of nitrogens with two attached hydrogens (primary N) is 1. The molecule has 7 nitrogen and oxygen atoms in total. The number of carbonyl (C=O) groups excluding carboxylic acids is 1. The first kappa shape index (κ1) is 23.6. The van der Waals surface area contributed by atoms with Gasteiger partial charge in [0.2, 0.25) is 0 Å². The van der Waals surface area contributed by atoms with Crippen molar-refractivity contribution in [1.29, 1.82) is 0 Å². The van der Waals surface area contributed by atoms with E-state index in [0.717, 1.165) is 34.4 Å². The number of hydrogen-bond donors (Lipinski definition) is 2. The number of rotatable bonds is 13. The molecule has 172 valence electrons. The minimum absolute atomic E-state index is 0.203. The fourth-order valence-electron chi connectivity index (χ4n) is 3.83. The van der Waals surface area contributed by atoms with Crippen LogP contribution in [0.2, 0.25) is 0 Å². The lowest BCUT2D eigenvalue weighted by Gasteiger charge is -2.16. The average Bonchev–Trinajstić information content (AvgIpc) is 3.18. The van der Waals surface area contributed by atoms with Gasteiger partial charge in [0.05, 0.1) is 24.3 Å². The second-order valence-electron chi connectivity index (χ2n) is 7.73. The molecule has 32 heavy (non-hydrogen) atoms.